The zero-order valence-corrected chi connectivity index (χ0v) is 13.9. The molecule has 4 nitrogen and oxygen atoms in total. The number of carbonyl (C=O) groups excluding carboxylic acids is 1. The van der Waals surface area contributed by atoms with Crippen molar-refractivity contribution in [3.05, 3.63) is 29.8 Å². The summed E-state index contributed by atoms with van der Waals surface area (Å²) in [6, 6.07) is 8.01. The molecule has 5 heteroatoms. The fourth-order valence-electron chi connectivity index (χ4n) is 2.77. The highest BCUT2D eigenvalue weighted by atomic mass is 35.5. The number of hydrogen-bond donors (Lipinski definition) is 1. The lowest BCUT2D eigenvalue weighted by molar-refractivity contribution is 0.0698. The third kappa shape index (κ3) is 4.37. The zero-order valence-electron chi connectivity index (χ0n) is 13.1. The highest BCUT2D eigenvalue weighted by Gasteiger charge is 2.24. The number of benzene rings is 1. The number of likely N-dealkylation sites (N-methyl/N-ethyl adjacent to an activating group) is 1. The summed E-state index contributed by atoms with van der Waals surface area (Å²) in [6.45, 7) is 2.47. The summed E-state index contributed by atoms with van der Waals surface area (Å²) in [5, 5.41) is 3.27. The van der Waals surface area contributed by atoms with E-state index in [2.05, 4.69) is 5.32 Å². The zero-order chi connectivity index (χ0) is 14.7. The van der Waals surface area contributed by atoms with Gasteiger partial charge in [0.05, 0.1) is 6.61 Å². The Morgan fingerprint density at radius 3 is 2.64 bits per heavy atom. The van der Waals surface area contributed by atoms with Gasteiger partial charge in [-0.25, -0.2) is 0 Å². The number of nitrogens with zero attached hydrogens (tertiary/aromatic N) is 1. The molecule has 2 fully saturated rings. The Balaban J connectivity index is 0.00000176. The highest BCUT2D eigenvalue weighted by molar-refractivity contribution is 5.94. The average molecular weight is 325 g/mol. The molecule has 1 aliphatic carbocycles. The molecular weight excluding hydrogens is 300 g/mol. The lowest BCUT2D eigenvalue weighted by Gasteiger charge is -2.32. The minimum absolute atomic E-state index is 0. The van der Waals surface area contributed by atoms with Crippen molar-refractivity contribution in [2.75, 3.05) is 26.7 Å². The molecular formula is C17H25ClN2O2. The number of piperidine rings is 1. The van der Waals surface area contributed by atoms with Crippen molar-refractivity contribution >= 4 is 18.3 Å². The van der Waals surface area contributed by atoms with Crippen molar-refractivity contribution < 1.29 is 9.53 Å². The standard InChI is InChI=1S/C17H24N2O2.ClH/c1-18-15-3-2-10-19(11-15)17(20)14-6-8-16(9-7-14)21-12-13-4-5-13;/h6-9,13,15,18H,2-5,10-12H2,1H3;1H. The first-order chi connectivity index (χ1) is 10.3. The third-order valence-corrected chi connectivity index (χ3v) is 4.40. The van der Waals surface area contributed by atoms with Crippen LogP contribution in [0, 0.1) is 5.92 Å². The van der Waals surface area contributed by atoms with Crippen LogP contribution in [0.1, 0.15) is 36.0 Å². The van der Waals surface area contributed by atoms with Gasteiger partial charge < -0.3 is 15.0 Å². The molecule has 122 valence electrons. The Morgan fingerprint density at radius 2 is 2.00 bits per heavy atom. The number of amides is 1. The van der Waals surface area contributed by atoms with Crippen molar-refractivity contribution in [3.8, 4) is 5.75 Å². The predicted octanol–water partition coefficient (Wildman–Crippen LogP) is 2.72. The van der Waals surface area contributed by atoms with E-state index in [1.54, 1.807) is 0 Å². The Bertz CT molecular complexity index is 488. The van der Waals surface area contributed by atoms with E-state index in [0.29, 0.717) is 6.04 Å². The Kier molecular flexibility index (Phi) is 6.09. The van der Waals surface area contributed by atoms with Crippen LogP contribution in [-0.2, 0) is 0 Å². The van der Waals surface area contributed by atoms with Crippen LogP contribution < -0.4 is 10.1 Å². The van der Waals surface area contributed by atoms with Gasteiger partial charge in [0.25, 0.3) is 5.91 Å². The van der Waals surface area contributed by atoms with Crippen LogP contribution in [0.2, 0.25) is 0 Å². The van der Waals surface area contributed by atoms with Crippen molar-refractivity contribution in [2.45, 2.75) is 31.7 Å². The number of likely N-dealkylation sites (tertiary alicyclic amines) is 1. The van der Waals surface area contributed by atoms with Gasteiger partial charge in [0.2, 0.25) is 0 Å². The maximum atomic E-state index is 12.5. The summed E-state index contributed by atoms with van der Waals surface area (Å²) in [5.74, 6) is 1.74. The molecule has 1 aliphatic heterocycles. The van der Waals surface area contributed by atoms with Crippen LogP contribution >= 0.6 is 12.4 Å². The lowest BCUT2D eigenvalue weighted by atomic mass is 10.0. The fraction of sp³-hybridized carbons (Fsp3) is 0.588. The lowest BCUT2D eigenvalue weighted by Crippen LogP contribution is -2.46. The van der Waals surface area contributed by atoms with E-state index < -0.39 is 0 Å². The molecule has 1 aromatic carbocycles. The Labute approximate surface area is 138 Å². The van der Waals surface area contributed by atoms with Gasteiger partial charge in [0.1, 0.15) is 5.75 Å². The summed E-state index contributed by atoms with van der Waals surface area (Å²) in [4.78, 5) is 14.5. The molecule has 1 N–H and O–H groups in total. The van der Waals surface area contributed by atoms with Crippen molar-refractivity contribution in [3.63, 3.8) is 0 Å². The van der Waals surface area contributed by atoms with Gasteiger partial charge >= 0.3 is 0 Å². The van der Waals surface area contributed by atoms with E-state index in [9.17, 15) is 4.79 Å². The molecule has 1 heterocycles. The van der Waals surface area contributed by atoms with E-state index in [-0.39, 0.29) is 18.3 Å². The Morgan fingerprint density at radius 1 is 1.27 bits per heavy atom. The highest BCUT2D eigenvalue weighted by Crippen LogP contribution is 2.29. The van der Waals surface area contributed by atoms with E-state index in [4.69, 9.17) is 4.74 Å². The molecule has 1 aromatic rings. The topological polar surface area (TPSA) is 41.6 Å². The minimum atomic E-state index is 0. The third-order valence-electron chi connectivity index (χ3n) is 4.40. The molecule has 0 radical (unpaired) electrons. The minimum Gasteiger partial charge on any atom is -0.493 e. The molecule has 22 heavy (non-hydrogen) atoms. The quantitative estimate of drug-likeness (QED) is 0.905. The molecule has 2 aliphatic rings. The van der Waals surface area contributed by atoms with Gasteiger partial charge in [-0.05, 0) is 62.9 Å². The number of rotatable bonds is 5. The molecule has 1 saturated carbocycles. The summed E-state index contributed by atoms with van der Waals surface area (Å²) in [6.07, 6.45) is 4.80. The van der Waals surface area contributed by atoms with Gasteiger partial charge in [-0.3, -0.25) is 4.79 Å². The second-order valence-electron chi connectivity index (χ2n) is 6.16. The number of ether oxygens (including phenoxy) is 1. The monoisotopic (exact) mass is 324 g/mol. The van der Waals surface area contributed by atoms with Crippen LogP contribution in [0.4, 0.5) is 0 Å². The largest absolute Gasteiger partial charge is 0.493 e. The molecule has 1 atom stereocenters. The van der Waals surface area contributed by atoms with E-state index in [1.165, 1.54) is 12.8 Å². The van der Waals surface area contributed by atoms with E-state index in [0.717, 1.165) is 49.8 Å². The van der Waals surface area contributed by atoms with Crippen molar-refractivity contribution in [1.29, 1.82) is 0 Å². The van der Waals surface area contributed by atoms with Gasteiger partial charge in [0, 0.05) is 24.7 Å². The van der Waals surface area contributed by atoms with Crippen LogP contribution in [-0.4, -0.2) is 43.6 Å². The molecule has 1 amide bonds. The number of halogens is 1. The molecule has 1 saturated heterocycles. The first-order valence-electron chi connectivity index (χ1n) is 7.95. The van der Waals surface area contributed by atoms with E-state index >= 15 is 0 Å². The summed E-state index contributed by atoms with van der Waals surface area (Å²) < 4.78 is 5.71. The van der Waals surface area contributed by atoms with Gasteiger partial charge in [-0.15, -0.1) is 12.4 Å². The second-order valence-corrected chi connectivity index (χ2v) is 6.16. The molecule has 1 unspecified atom stereocenters. The van der Waals surface area contributed by atoms with Crippen LogP contribution in [0.15, 0.2) is 24.3 Å². The van der Waals surface area contributed by atoms with Crippen LogP contribution in [0.5, 0.6) is 5.75 Å². The van der Waals surface area contributed by atoms with Crippen LogP contribution in [0.3, 0.4) is 0 Å². The fourth-order valence-corrected chi connectivity index (χ4v) is 2.77. The first kappa shape index (κ1) is 17.1. The summed E-state index contributed by atoms with van der Waals surface area (Å²) in [7, 11) is 1.96. The smallest absolute Gasteiger partial charge is 0.253 e. The van der Waals surface area contributed by atoms with Crippen LogP contribution in [0.25, 0.3) is 0 Å². The summed E-state index contributed by atoms with van der Waals surface area (Å²) >= 11 is 0. The molecule has 0 aromatic heterocycles. The van der Waals surface area contributed by atoms with Crippen molar-refractivity contribution in [1.82, 2.24) is 10.2 Å². The van der Waals surface area contributed by atoms with Gasteiger partial charge in [-0.1, -0.05) is 0 Å². The van der Waals surface area contributed by atoms with Gasteiger partial charge in [-0.2, -0.15) is 0 Å². The molecule has 0 spiro atoms. The Hall–Kier alpha value is -1.26. The average Bonchev–Trinajstić information content (AvgIpc) is 3.37. The first-order valence-corrected chi connectivity index (χ1v) is 7.95. The number of nitrogens with one attached hydrogen (secondary N) is 1. The van der Waals surface area contributed by atoms with Gasteiger partial charge in [0.15, 0.2) is 0 Å². The van der Waals surface area contributed by atoms with E-state index in [1.807, 2.05) is 36.2 Å². The maximum Gasteiger partial charge on any atom is 0.253 e. The summed E-state index contributed by atoms with van der Waals surface area (Å²) in [5.41, 5.74) is 0.755. The normalized spacial score (nSPS) is 21.1. The molecule has 3 rings (SSSR count). The number of carbonyl (C=O) groups is 1. The predicted molar refractivity (Wildman–Crippen MR) is 89.9 cm³/mol. The van der Waals surface area contributed by atoms with Crippen molar-refractivity contribution in [2.24, 2.45) is 5.92 Å². The maximum absolute atomic E-state index is 12.5. The SMILES string of the molecule is CNC1CCCN(C(=O)c2ccc(OCC3CC3)cc2)C1.Cl. The molecule has 0 bridgehead atoms. The second kappa shape index (κ2) is 7.84. The number of hydrogen-bond acceptors (Lipinski definition) is 3.